The number of para-hydroxylation sites is 1. The Labute approximate surface area is 117 Å². The van der Waals surface area contributed by atoms with Crippen LogP contribution in [0.3, 0.4) is 0 Å². The first-order valence-corrected chi connectivity index (χ1v) is 6.59. The Bertz CT molecular complexity index is 630. The van der Waals surface area contributed by atoms with E-state index in [2.05, 4.69) is 22.6 Å². The van der Waals surface area contributed by atoms with Gasteiger partial charge in [-0.2, -0.15) is 12.6 Å². The van der Waals surface area contributed by atoms with E-state index >= 15 is 0 Å². The van der Waals surface area contributed by atoms with Crippen LogP contribution in [0.25, 0.3) is 10.9 Å². The number of thiol groups is 1. The molecule has 0 aliphatic heterocycles. The molecule has 19 heavy (non-hydrogen) atoms. The summed E-state index contributed by atoms with van der Waals surface area (Å²) in [5, 5.41) is 0.857. The van der Waals surface area contributed by atoms with Crippen molar-refractivity contribution in [2.24, 2.45) is 0 Å². The molecule has 1 atom stereocenters. The van der Waals surface area contributed by atoms with E-state index < -0.39 is 5.41 Å². The minimum atomic E-state index is -0.884. The highest BCUT2D eigenvalue weighted by atomic mass is 32.1. The van der Waals surface area contributed by atoms with Crippen molar-refractivity contribution in [3.63, 3.8) is 0 Å². The van der Waals surface area contributed by atoms with Gasteiger partial charge in [0.05, 0.1) is 18.3 Å². The maximum Gasteiger partial charge on any atom is 0.318 e. The zero-order valence-electron chi connectivity index (χ0n) is 11.2. The van der Waals surface area contributed by atoms with Gasteiger partial charge in [-0.25, -0.2) is 9.97 Å². The van der Waals surface area contributed by atoms with Gasteiger partial charge in [-0.05, 0) is 19.9 Å². The summed E-state index contributed by atoms with van der Waals surface area (Å²) in [6.45, 7) is 3.60. The lowest BCUT2D eigenvalue weighted by Crippen LogP contribution is -2.37. The monoisotopic (exact) mass is 276 g/mol. The summed E-state index contributed by atoms with van der Waals surface area (Å²) in [6, 6.07) is 7.63. The van der Waals surface area contributed by atoms with Crippen molar-refractivity contribution < 1.29 is 9.53 Å². The quantitative estimate of drug-likeness (QED) is 0.690. The molecule has 1 aromatic heterocycles. The smallest absolute Gasteiger partial charge is 0.318 e. The molecule has 2 aromatic rings. The average Bonchev–Trinajstić information content (AvgIpc) is 2.44. The Morgan fingerprint density at radius 1 is 1.37 bits per heavy atom. The summed E-state index contributed by atoms with van der Waals surface area (Å²) >= 11 is 4.30. The lowest BCUT2D eigenvalue weighted by Gasteiger charge is -2.25. The Morgan fingerprint density at radius 2 is 2.05 bits per heavy atom. The Hall–Kier alpha value is -1.62. The molecule has 0 amide bonds. The number of nitrogens with zero attached hydrogens (tertiary/aromatic N) is 2. The zero-order valence-corrected chi connectivity index (χ0v) is 12.1. The number of rotatable bonds is 3. The molecule has 100 valence electrons. The molecule has 1 heterocycles. The summed E-state index contributed by atoms with van der Waals surface area (Å²) in [7, 11) is 1.38. The predicted octanol–water partition coefficient (Wildman–Crippen LogP) is 2.30. The normalized spacial score (nSPS) is 14.1. The molecule has 0 saturated heterocycles. The molecule has 0 bridgehead atoms. The number of aryl methyl sites for hydroxylation is 1. The topological polar surface area (TPSA) is 52.1 Å². The van der Waals surface area contributed by atoms with Crippen LogP contribution >= 0.6 is 12.6 Å². The number of esters is 1. The fourth-order valence-corrected chi connectivity index (χ4v) is 2.35. The van der Waals surface area contributed by atoms with Crippen molar-refractivity contribution in [2.75, 3.05) is 12.9 Å². The van der Waals surface area contributed by atoms with Gasteiger partial charge < -0.3 is 4.74 Å². The molecule has 1 unspecified atom stereocenters. The zero-order chi connectivity index (χ0) is 14.0. The molecule has 5 heteroatoms. The molecular formula is C14H16N2O2S. The number of fused-ring (bicyclic) bond motifs is 1. The molecule has 0 aliphatic carbocycles. The van der Waals surface area contributed by atoms with Gasteiger partial charge in [-0.1, -0.05) is 18.2 Å². The van der Waals surface area contributed by atoms with E-state index in [4.69, 9.17) is 4.74 Å². The van der Waals surface area contributed by atoms with Crippen molar-refractivity contribution in [3.8, 4) is 0 Å². The summed E-state index contributed by atoms with van der Waals surface area (Å²) in [5.41, 5.74) is 0.602. The van der Waals surface area contributed by atoms with Crippen molar-refractivity contribution >= 4 is 29.5 Å². The van der Waals surface area contributed by atoms with Crippen molar-refractivity contribution in [1.82, 2.24) is 9.97 Å². The highest BCUT2D eigenvalue weighted by Gasteiger charge is 2.38. The summed E-state index contributed by atoms with van der Waals surface area (Å²) in [5.74, 6) is 0.608. The third-order valence-corrected chi connectivity index (χ3v) is 3.82. The van der Waals surface area contributed by atoms with Crippen LogP contribution in [0, 0.1) is 6.92 Å². The summed E-state index contributed by atoms with van der Waals surface area (Å²) in [4.78, 5) is 20.9. The molecule has 0 N–H and O–H groups in total. The van der Waals surface area contributed by atoms with Crippen molar-refractivity contribution in [1.29, 1.82) is 0 Å². The highest BCUT2D eigenvalue weighted by Crippen LogP contribution is 2.30. The van der Waals surface area contributed by atoms with Gasteiger partial charge in [-0.3, -0.25) is 4.79 Å². The lowest BCUT2D eigenvalue weighted by atomic mass is 9.86. The molecule has 0 fully saturated rings. The van der Waals surface area contributed by atoms with E-state index in [9.17, 15) is 4.79 Å². The molecule has 2 rings (SSSR count). The van der Waals surface area contributed by atoms with Gasteiger partial charge >= 0.3 is 5.97 Å². The van der Waals surface area contributed by atoms with Gasteiger partial charge in [0.25, 0.3) is 0 Å². The second-order valence-electron chi connectivity index (χ2n) is 4.62. The van der Waals surface area contributed by atoms with E-state index in [-0.39, 0.29) is 5.97 Å². The first-order chi connectivity index (χ1) is 9.02. The van der Waals surface area contributed by atoms with E-state index in [1.807, 2.05) is 31.2 Å². The second kappa shape index (κ2) is 5.17. The van der Waals surface area contributed by atoms with E-state index in [1.165, 1.54) is 7.11 Å². The minimum Gasteiger partial charge on any atom is -0.468 e. The number of benzene rings is 1. The van der Waals surface area contributed by atoms with Crippen LogP contribution in [0.15, 0.2) is 24.3 Å². The summed E-state index contributed by atoms with van der Waals surface area (Å²) < 4.78 is 4.90. The molecule has 1 aromatic carbocycles. The van der Waals surface area contributed by atoms with Crippen LogP contribution in [0.4, 0.5) is 0 Å². The Balaban J connectivity index is 2.76. The van der Waals surface area contributed by atoms with Crippen LogP contribution in [0.1, 0.15) is 18.4 Å². The van der Waals surface area contributed by atoms with Crippen LogP contribution in [-0.2, 0) is 14.9 Å². The SMILES string of the molecule is COC(=O)C(C)(CS)c1nc(C)nc2ccccc12. The standard InChI is InChI=1S/C14H16N2O2S/c1-9-15-11-7-5-4-6-10(11)12(16-9)14(2,8-19)13(17)18-3/h4-7,19H,8H2,1-3H3. The average molecular weight is 276 g/mol. The molecule has 0 radical (unpaired) electrons. The maximum atomic E-state index is 12.1. The van der Waals surface area contributed by atoms with E-state index in [0.29, 0.717) is 17.3 Å². The molecule has 4 nitrogen and oxygen atoms in total. The van der Waals surface area contributed by atoms with E-state index in [1.54, 1.807) is 6.92 Å². The number of hydrogen-bond donors (Lipinski definition) is 1. The second-order valence-corrected chi connectivity index (χ2v) is 4.93. The summed E-state index contributed by atoms with van der Waals surface area (Å²) in [6.07, 6.45) is 0. The lowest BCUT2D eigenvalue weighted by molar-refractivity contribution is -0.146. The van der Waals surface area contributed by atoms with Gasteiger partial charge in [0, 0.05) is 11.1 Å². The number of carbonyl (C=O) groups is 1. The van der Waals surface area contributed by atoms with Gasteiger partial charge in [0.2, 0.25) is 0 Å². The van der Waals surface area contributed by atoms with E-state index in [0.717, 1.165) is 10.9 Å². The first kappa shape index (κ1) is 13.8. The highest BCUT2D eigenvalue weighted by molar-refractivity contribution is 7.80. The molecular weight excluding hydrogens is 260 g/mol. The largest absolute Gasteiger partial charge is 0.468 e. The number of carbonyl (C=O) groups excluding carboxylic acids is 1. The molecule has 0 spiro atoms. The fraction of sp³-hybridized carbons (Fsp3) is 0.357. The van der Waals surface area contributed by atoms with Crippen LogP contribution in [-0.4, -0.2) is 28.8 Å². The van der Waals surface area contributed by atoms with Crippen molar-refractivity contribution in [2.45, 2.75) is 19.3 Å². The number of hydrogen-bond acceptors (Lipinski definition) is 5. The number of ether oxygens (including phenoxy) is 1. The third kappa shape index (κ3) is 2.30. The Morgan fingerprint density at radius 3 is 2.68 bits per heavy atom. The van der Waals surface area contributed by atoms with Gasteiger partial charge in [-0.15, -0.1) is 0 Å². The minimum absolute atomic E-state index is 0.320. The number of methoxy groups -OCH3 is 1. The Kier molecular flexibility index (Phi) is 3.75. The van der Waals surface area contributed by atoms with Crippen LogP contribution < -0.4 is 0 Å². The van der Waals surface area contributed by atoms with Crippen molar-refractivity contribution in [3.05, 3.63) is 35.8 Å². The first-order valence-electron chi connectivity index (χ1n) is 5.96. The third-order valence-electron chi connectivity index (χ3n) is 3.19. The predicted molar refractivity (Wildman–Crippen MR) is 77.5 cm³/mol. The molecule has 0 saturated carbocycles. The number of aromatic nitrogens is 2. The van der Waals surface area contributed by atoms with Gasteiger partial charge in [0.15, 0.2) is 0 Å². The maximum absolute atomic E-state index is 12.1. The molecule has 0 aliphatic rings. The van der Waals surface area contributed by atoms with Crippen LogP contribution in [0.5, 0.6) is 0 Å². The fourth-order valence-electron chi connectivity index (χ4n) is 2.07. The van der Waals surface area contributed by atoms with Crippen LogP contribution in [0.2, 0.25) is 0 Å². The van der Waals surface area contributed by atoms with Gasteiger partial charge in [0.1, 0.15) is 11.2 Å².